The van der Waals surface area contributed by atoms with Crippen LogP contribution in [0.15, 0.2) is 54.1 Å². The number of carbonyl (C=O) groups is 3. The summed E-state index contributed by atoms with van der Waals surface area (Å²) in [7, 11) is 0. The second-order valence-corrected chi connectivity index (χ2v) is 6.70. The van der Waals surface area contributed by atoms with E-state index in [2.05, 4.69) is 5.32 Å². The number of halogens is 6. The first-order valence-electron chi connectivity index (χ1n) is 8.88. The van der Waals surface area contributed by atoms with E-state index < -0.39 is 41.0 Å². The van der Waals surface area contributed by atoms with E-state index in [0.717, 1.165) is 13.0 Å². The molecule has 2 rings (SSSR count). The zero-order valence-electron chi connectivity index (χ0n) is 16.6. The van der Waals surface area contributed by atoms with Crippen molar-refractivity contribution in [3.63, 3.8) is 0 Å². The third-order valence-electron chi connectivity index (χ3n) is 4.11. The summed E-state index contributed by atoms with van der Waals surface area (Å²) in [6.07, 6.45) is -9.31. The highest BCUT2D eigenvalue weighted by atomic mass is 19.4. The molecule has 32 heavy (non-hydrogen) atoms. The molecule has 5 nitrogen and oxygen atoms in total. The van der Waals surface area contributed by atoms with Crippen LogP contribution >= 0.6 is 0 Å². The first-order valence-corrected chi connectivity index (χ1v) is 8.88. The van der Waals surface area contributed by atoms with Crippen LogP contribution in [0.5, 0.6) is 0 Å². The van der Waals surface area contributed by atoms with Gasteiger partial charge in [-0.1, -0.05) is 0 Å². The van der Waals surface area contributed by atoms with Crippen LogP contribution in [-0.4, -0.2) is 17.6 Å². The highest BCUT2D eigenvalue weighted by molar-refractivity contribution is 6.10. The Morgan fingerprint density at radius 3 is 1.69 bits per heavy atom. The van der Waals surface area contributed by atoms with Crippen molar-refractivity contribution in [2.24, 2.45) is 0 Å². The van der Waals surface area contributed by atoms with Gasteiger partial charge in [0, 0.05) is 28.6 Å². The Labute approximate surface area is 178 Å². The minimum atomic E-state index is -5.07. The average molecular weight is 458 g/mol. The average Bonchev–Trinajstić information content (AvgIpc) is 2.66. The fraction of sp³-hybridized carbons (Fsp3) is 0.190. The lowest BCUT2D eigenvalue weighted by molar-refractivity contribution is -0.143. The number of ketones is 1. The molecule has 0 aliphatic heterocycles. The summed E-state index contributed by atoms with van der Waals surface area (Å²) in [4.78, 5) is 35.5. The molecular weight excluding hydrogens is 442 g/mol. The number of hydrogen-bond donors (Lipinski definition) is 2. The molecule has 0 saturated heterocycles. The highest BCUT2D eigenvalue weighted by Gasteiger charge is 2.37. The number of carbonyl (C=O) groups excluding carboxylic acids is 3. The van der Waals surface area contributed by atoms with Crippen LogP contribution in [0.1, 0.15) is 35.3 Å². The molecule has 11 heteroatoms. The van der Waals surface area contributed by atoms with Crippen LogP contribution in [0.2, 0.25) is 0 Å². The maximum Gasteiger partial charge on any atom is 0.416 e. The van der Waals surface area contributed by atoms with Gasteiger partial charge in [0.1, 0.15) is 0 Å². The normalized spacial score (nSPS) is 12.3. The van der Waals surface area contributed by atoms with Crippen molar-refractivity contribution in [2.75, 3.05) is 10.6 Å². The number of amides is 2. The molecule has 0 atom stereocenters. The lowest BCUT2D eigenvalue weighted by atomic mass is 10.1. The summed E-state index contributed by atoms with van der Waals surface area (Å²) in [5, 5.41) is 4.34. The number of alkyl halides is 6. The molecule has 0 fully saturated rings. The molecule has 0 bridgehead atoms. The predicted octanol–water partition coefficient (Wildman–Crippen LogP) is 5.45. The van der Waals surface area contributed by atoms with E-state index in [1.165, 1.54) is 31.2 Å². The maximum absolute atomic E-state index is 12.9. The van der Waals surface area contributed by atoms with Crippen molar-refractivity contribution >= 4 is 29.0 Å². The number of nitrogens with one attached hydrogen (secondary N) is 2. The zero-order chi connectivity index (χ0) is 24.3. The van der Waals surface area contributed by atoms with E-state index in [1.807, 2.05) is 5.32 Å². The van der Waals surface area contributed by atoms with Crippen LogP contribution in [0.3, 0.4) is 0 Å². The molecule has 0 saturated carbocycles. The maximum atomic E-state index is 12.9. The van der Waals surface area contributed by atoms with Gasteiger partial charge in [-0.25, -0.2) is 0 Å². The van der Waals surface area contributed by atoms with Crippen molar-refractivity contribution in [3.8, 4) is 0 Å². The van der Waals surface area contributed by atoms with E-state index in [1.54, 1.807) is 0 Å². The monoisotopic (exact) mass is 458 g/mol. The molecular formula is C21H16F6N2O3. The first kappa shape index (κ1) is 24.6. The smallest absolute Gasteiger partial charge is 0.323 e. The molecule has 2 aromatic carbocycles. The number of benzene rings is 2. The quantitative estimate of drug-likeness (QED) is 0.356. The van der Waals surface area contributed by atoms with E-state index in [-0.39, 0.29) is 17.4 Å². The fourth-order valence-electron chi connectivity index (χ4n) is 2.49. The van der Waals surface area contributed by atoms with Gasteiger partial charge in [-0.15, -0.1) is 0 Å². The largest absolute Gasteiger partial charge is 0.416 e. The summed E-state index contributed by atoms with van der Waals surface area (Å²) in [6.45, 7) is 2.52. The van der Waals surface area contributed by atoms with Crippen molar-refractivity contribution in [1.29, 1.82) is 0 Å². The minimum absolute atomic E-state index is 0.0663. The van der Waals surface area contributed by atoms with Gasteiger partial charge in [-0.2, -0.15) is 26.3 Å². The van der Waals surface area contributed by atoms with Crippen LogP contribution in [0, 0.1) is 0 Å². The Hall–Kier alpha value is -3.63. The number of anilines is 2. The van der Waals surface area contributed by atoms with Crippen LogP contribution in [0.25, 0.3) is 0 Å². The Bertz CT molecular complexity index is 1040. The Morgan fingerprint density at radius 1 is 0.750 bits per heavy atom. The van der Waals surface area contributed by atoms with Gasteiger partial charge in [0.15, 0.2) is 5.78 Å². The molecule has 2 amide bonds. The van der Waals surface area contributed by atoms with Gasteiger partial charge < -0.3 is 10.6 Å². The zero-order valence-corrected chi connectivity index (χ0v) is 16.6. The van der Waals surface area contributed by atoms with Crippen LogP contribution in [0.4, 0.5) is 37.7 Å². The van der Waals surface area contributed by atoms with E-state index >= 15 is 0 Å². The van der Waals surface area contributed by atoms with E-state index in [0.29, 0.717) is 23.4 Å². The van der Waals surface area contributed by atoms with E-state index in [4.69, 9.17) is 0 Å². The lowest BCUT2D eigenvalue weighted by Crippen LogP contribution is -2.18. The molecule has 170 valence electrons. The van der Waals surface area contributed by atoms with Crippen LogP contribution < -0.4 is 10.6 Å². The van der Waals surface area contributed by atoms with Gasteiger partial charge in [0.2, 0.25) is 5.91 Å². The topological polar surface area (TPSA) is 75.3 Å². The summed E-state index contributed by atoms with van der Waals surface area (Å²) < 4.78 is 77.5. The molecule has 2 aromatic rings. The second-order valence-electron chi connectivity index (χ2n) is 6.70. The SMILES string of the molecule is CC(=O)c1ccc(NC(=O)/C=C(/C)C(=O)Nc2cc(C(F)(F)F)cc(C(F)(F)F)c2)cc1. The molecule has 0 radical (unpaired) electrons. The summed E-state index contributed by atoms with van der Waals surface area (Å²) in [5.41, 5.74) is -3.46. The number of Topliss-reactive ketones (excluding diaryl/α,β-unsaturated/α-hetero) is 1. The molecule has 0 aromatic heterocycles. The van der Waals surface area contributed by atoms with Gasteiger partial charge in [0.25, 0.3) is 5.91 Å². The molecule has 2 N–H and O–H groups in total. The number of hydrogen-bond acceptors (Lipinski definition) is 3. The first-order chi connectivity index (χ1) is 14.7. The van der Waals surface area contributed by atoms with Gasteiger partial charge in [-0.05, 0) is 56.3 Å². The predicted molar refractivity (Wildman–Crippen MR) is 104 cm³/mol. The minimum Gasteiger partial charge on any atom is -0.323 e. The van der Waals surface area contributed by atoms with Crippen molar-refractivity contribution in [2.45, 2.75) is 26.2 Å². The highest BCUT2D eigenvalue weighted by Crippen LogP contribution is 2.37. The van der Waals surface area contributed by atoms with Crippen molar-refractivity contribution in [3.05, 3.63) is 70.8 Å². The van der Waals surface area contributed by atoms with Crippen molar-refractivity contribution in [1.82, 2.24) is 0 Å². The molecule has 0 spiro atoms. The standard InChI is InChI=1S/C21H16F6N2O3/c1-11(7-18(31)28-16-5-3-13(4-6-16)12(2)30)19(32)29-17-9-14(20(22,23)24)8-15(10-17)21(25,26)27/h3-10H,1-2H3,(H,28,31)(H,29,32)/b11-7-. The third-order valence-corrected chi connectivity index (χ3v) is 4.11. The number of rotatable bonds is 5. The Morgan fingerprint density at radius 2 is 1.25 bits per heavy atom. The van der Waals surface area contributed by atoms with Gasteiger partial charge >= 0.3 is 12.4 Å². The Balaban J connectivity index is 2.17. The van der Waals surface area contributed by atoms with Gasteiger partial charge in [-0.3, -0.25) is 14.4 Å². The summed E-state index contributed by atoms with van der Waals surface area (Å²) >= 11 is 0. The molecule has 0 aliphatic rings. The molecule has 0 aliphatic carbocycles. The van der Waals surface area contributed by atoms with E-state index in [9.17, 15) is 40.7 Å². The van der Waals surface area contributed by atoms with Gasteiger partial charge in [0.05, 0.1) is 11.1 Å². The fourth-order valence-corrected chi connectivity index (χ4v) is 2.49. The molecule has 0 heterocycles. The van der Waals surface area contributed by atoms with Crippen LogP contribution in [-0.2, 0) is 21.9 Å². The molecule has 0 unspecified atom stereocenters. The second kappa shape index (κ2) is 9.25. The Kier molecular flexibility index (Phi) is 7.12. The summed E-state index contributed by atoms with van der Waals surface area (Å²) in [6, 6.07) is 6.47. The third kappa shape index (κ3) is 6.69. The summed E-state index contributed by atoms with van der Waals surface area (Å²) in [5.74, 6) is -2.02. The van der Waals surface area contributed by atoms with Crippen molar-refractivity contribution < 1.29 is 40.7 Å². The lowest BCUT2D eigenvalue weighted by Gasteiger charge is -2.15.